The molecule has 1 saturated heterocycles. The van der Waals surface area contributed by atoms with Crippen LogP contribution >= 0.6 is 0 Å². The van der Waals surface area contributed by atoms with Crippen LogP contribution in [0, 0.1) is 0 Å². The average Bonchev–Trinajstić information content (AvgIpc) is 3.73. The van der Waals surface area contributed by atoms with Gasteiger partial charge in [0.25, 0.3) is 42.2 Å². The first kappa shape index (κ1) is 49.7. The number of benzene rings is 2. The zero-order valence-electron chi connectivity index (χ0n) is 36.3. The number of anilines is 1. The van der Waals surface area contributed by atoms with E-state index in [2.05, 4.69) is 4.90 Å². The van der Waals surface area contributed by atoms with Crippen LogP contribution in [0.1, 0.15) is 104 Å². The predicted octanol–water partition coefficient (Wildman–Crippen LogP) is 5.80. The van der Waals surface area contributed by atoms with E-state index in [1.54, 1.807) is 39.0 Å². The Kier molecular flexibility index (Phi) is 14.4. The van der Waals surface area contributed by atoms with Gasteiger partial charge in [0.2, 0.25) is 0 Å². The van der Waals surface area contributed by atoms with Crippen LogP contribution in [0.3, 0.4) is 0 Å². The molecule has 0 bridgehead atoms. The molecule has 346 valence electrons. The minimum Gasteiger partial charge on any atom is -0.385 e. The highest BCUT2D eigenvalue weighted by Crippen LogP contribution is 2.54. The Labute approximate surface area is 368 Å². The number of amides is 2. The third-order valence-electron chi connectivity index (χ3n) is 11.9. The average molecular weight is 938 g/mol. The van der Waals surface area contributed by atoms with Crippen LogP contribution in [0.2, 0.25) is 0 Å². The summed E-state index contributed by atoms with van der Waals surface area (Å²) < 4.78 is 114. The summed E-state index contributed by atoms with van der Waals surface area (Å²) in [6.07, 6.45) is 6.18. The van der Waals surface area contributed by atoms with E-state index in [0.717, 1.165) is 0 Å². The molecule has 3 aliphatic rings. The van der Waals surface area contributed by atoms with Crippen molar-refractivity contribution >= 4 is 65.2 Å². The summed E-state index contributed by atoms with van der Waals surface area (Å²) in [7, 11) is -12.0. The van der Waals surface area contributed by atoms with Crippen LogP contribution in [-0.2, 0) is 69.9 Å². The van der Waals surface area contributed by atoms with Gasteiger partial charge in [-0.25, -0.2) is 4.79 Å². The van der Waals surface area contributed by atoms with E-state index in [1.807, 2.05) is 26.8 Å². The number of carbonyl (C=O) groups excluding carboxylic acids is 3. The number of hydroxylamine groups is 2. The molecule has 2 unspecified atom stereocenters. The maximum Gasteiger partial charge on any atom is 0.333 e. The minimum atomic E-state index is -4.61. The molecular weight excluding hydrogens is 883 g/mol. The van der Waals surface area contributed by atoms with Gasteiger partial charge in [0, 0.05) is 60.9 Å². The second-order valence-corrected chi connectivity index (χ2v) is 22.0. The van der Waals surface area contributed by atoms with Crippen molar-refractivity contribution in [3.8, 4) is 0 Å². The molecule has 2 atom stereocenters. The summed E-state index contributed by atoms with van der Waals surface area (Å²) in [6, 6.07) is 8.33. The predicted molar refractivity (Wildman–Crippen MR) is 231 cm³/mol. The number of fused-ring (bicyclic) bond motifs is 2. The Morgan fingerprint density at radius 3 is 2.03 bits per heavy atom. The normalized spacial score (nSPS) is 21.4. The van der Waals surface area contributed by atoms with Gasteiger partial charge in [-0.3, -0.25) is 28.2 Å². The number of aliphatic imine (C=N–C) groups is 1. The number of carbonyl (C=O) groups is 3. The smallest absolute Gasteiger partial charge is 0.333 e. The van der Waals surface area contributed by atoms with Crippen molar-refractivity contribution in [3.05, 3.63) is 71.5 Å². The number of hydrogen-bond donors (Lipinski definition) is 3. The van der Waals surface area contributed by atoms with E-state index in [-0.39, 0.29) is 61.5 Å². The fraction of sp³-hybridized carbons (Fsp3) is 0.524. The van der Waals surface area contributed by atoms with Crippen LogP contribution in [0.25, 0.3) is 0 Å². The molecule has 3 aliphatic heterocycles. The van der Waals surface area contributed by atoms with Crippen LogP contribution in [0.4, 0.5) is 11.4 Å². The maximum atomic E-state index is 12.5. The molecular formula is C42H55N3O15S3. The molecule has 0 aliphatic carbocycles. The van der Waals surface area contributed by atoms with Crippen molar-refractivity contribution in [2.75, 3.05) is 31.0 Å². The third kappa shape index (κ3) is 11.3. The number of methoxy groups -OCH3 is 1. The summed E-state index contributed by atoms with van der Waals surface area (Å²) in [5.74, 6) is -2.46. The lowest BCUT2D eigenvalue weighted by atomic mass is 9.75. The molecule has 2 aromatic carbocycles. The lowest BCUT2D eigenvalue weighted by Crippen LogP contribution is -2.45. The highest BCUT2D eigenvalue weighted by atomic mass is 32.2. The first-order chi connectivity index (χ1) is 29.0. The highest BCUT2D eigenvalue weighted by Gasteiger charge is 2.48. The van der Waals surface area contributed by atoms with Crippen molar-refractivity contribution < 1.29 is 67.6 Å². The monoisotopic (exact) mass is 937 g/mol. The van der Waals surface area contributed by atoms with Crippen molar-refractivity contribution in [1.82, 2.24) is 5.06 Å². The van der Waals surface area contributed by atoms with E-state index < -0.39 is 75.9 Å². The van der Waals surface area contributed by atoms with Crippen molar-refractivity contribution in [2.24, 2.45) is 4.99 Å². The van der Waals surface area contributed by atoms with E-state index in [1.165, 1.54) is 37.4 Å². The van der Waals surface area contributed by atoms with E-state index in [0.29, 0.717) is 51.8 Å². The van der Waals surface area contributed by atoms with Gasteiger partial charge >= 0.3 is 5.97 Å². The van der Waals surface area contributed by atoms with Crippen molar-refractivity contribution in [3.63, 3.8) is 0 Å². The molecule has 3 N–H and O–H groups in total. The van der Waals surface area contributed by atoms with Gasteiger partial charge in [-0.2, -0.15) is 25.3 Å². The Morgan fingerprint density at radius 1 is 0.841 bits per heavy atom. The first-order valence-corrected chi connectivity index (χ1v) is 24.7. The van der Waals surface area contributed by atoms with Crippen LogP contribution in [0.5, 0.6) is 0 Å². The van der Waals surface area contributed by atoms with E-state index in [9.17, 15) is 53.3 Å². The molecule has 5 rings (SSSR count). The molecule has 2 aromatic rings. The lowest BCUT2D eigenvalue weighted by molar-refractivity contribution is -0.198. The maximum absolute atomic E-state index is 12.5. The molecule has 21 heteroatoms. The van der Waals surface area contributed by atoms with Gasteiger partial charge in [-0.1, -0.05) is 6.08 Å². The van der Waals surface area contributed by atoms with Gasteiger partial charge in [-0.15, -0.1) is 5.06 Å². The zero-order chi connectivity index (χ0) is 47.0. The second kappa shape index (κ2) is 18.3. The fourth-order valence-corrected chi connectivity index (χ4v) is 9.73. The molecule has 1 fully saturated rings. The summed E-state index contributed by atoms with van der Waals surface area (Å²) >= 11 is 0. The van der Waals surface area contributed by atoms with Crippen molar-refractivity contribution in [1.29, 1.82) is 0 Å². The highest BCUT2D eigenvalue weighted by molar-refractivity contribution is 7.86. The summed E-state index contributed by atoms with van der Waals surface area (Å²) in [6.45, 7) is 11.7. The molecule has 18 nitrogen and oxygen atoms in total. The Bertz CT molecular complexity index is 2570. The summed E-state index contributed by atoms with van der Waals surface area (Å²) in [5, 5.41) is 0.501. The Hall–Kier alpha value is -4.35. The van der Waals surface area contributed by atoms with Crippen molar-refractivity contribution in [2.45, 2.75) is 125 Å². The first-order valence-electron chi connectivity index (χ1n) is 20.2. The molecule has 0 aromatic heterocycles. The molecule has 0 spiro atoms. The van der Waals surface area contributed by atoms with Crippen LogP contribution in [-0.4, -0.2) is 105 Å². The number of hydrogen-bond acceptors (Lipinski definition) is 14. The SMILES string of the molecule is COCCC1(C)/C(=C\C=C\C2=Nc3ccc(S(=O)(=O)O)cc3C2(C)CCCS(=O)(=O)O)N(C(C)(C)CCOC(C)(C)CCC(=O)ON2C(=O)CCC2=O)c2ccc(S(=O)(=O)O)cc21. The number of nitrogens with zero attached hydrogens (tertiary/aromatic N) is 3. The van der Waals surface area contributed by atoms with Crippen LogP contribution in [0.15, 0.2) is 75.1 Å². The van der Waals surface area contributed by atoms with Gasteiger partial charge < -0.3 is 19.2 Å². The Morgan fingerprint density at radius 2 is 1.44 bits per heavy atom. The quantitative estimate of drug-likeness (QED) is 0.105. The molecule has 0 radical (unpaired) electrons. The number of allylic oxidation sites excluding steroid dienone is 4. The molecule has 2 amide bonds. The minimum absolute atomic E-state index is 0.00906. The second-order valence-electron chi connectivity index (χ2n) is 17.6. The van der Waals surface area contributed by atoms with E-state index in [4.69, 9.17) is 19.3 Å². The Balaban J connectivity index is 1.49. The molecule has 0 saturated carbocycles. The standard InChI is InChI=1S/C42H55N3O15S3/c1-39(2,21-24-59-40(3,4)20-18-38(48)60-45-36(46)16-17-37(45)47)44-33-15-13-29(63(55,56)57)27-31(33)42(6,22-23-58-7)35(44)11-8-10-34-41(5,19-9-25-61(49,50)51)30-26-28(62(52,53)54)12-14-32(30)43-34/h8,10-15,26-27H,9,16-25H2,1-7H3,(H,49,50,51)(H,52,53,54)(H,55,56,57)/b10-8+,35-11+. The molecule has 63 heavy (non-hydrogen) atoms. The zero-order valence-corrected chi connectivity index (χ0v) is 38.7. The van der Waals surface area contributed by atoms with Gasteiger partial charge in [-0.05, 0) is 133 Å². The number of rotatable bonds is 20. The third-order valence-corrected chi connectivity index (χ3v) is 14.4. The van der Waals surface area contributed by atoms with Gasteiger partial charge in [0.1, 0.15) is 0 Å². The molecule has 3 heterocycles. The van der Waals surface area contributed by atoms with E-state index >= 15 is 0 Å². The van der Waals surface area contributed by atoms with Gasteiger partial charge in [0.15, 0.2) is 0 Å². The summed E-state index contributed by atoms with van der Waals surface area (Å²) in [4.78, 5) is 47.5. The topological polar surface area (TPSA) is 261 Å². The summed E-state index contributed by atoms with van der Waals surface area (Å²) in [5.41, 5.74) is -0.384. The largest absolute Gasteiger partial charge is 0.385 e. The number of ether oxygens (including phenoxy) is 2. The fourth-order valence-electron chi connectivity index (χ4n) is 8.20. The van der Waals surface area contributed by atoms with Crippen LogP contribution < -0.4 is 4.90 Å². The lowest BCUT2D eigenvalue weighted by Gasteiger charge is -2.42. The number of imide groups is 1. The van der Waals surface area contributed by atoms with Gasteiger partial charge in [0.05, 0.1) is 39.0 Å².